The summed E-state index contributed by atoms with van der Waals surface area (Å²) in [6.07, 6.45) is 7.80. The zero-order chi connectivity index (χ0) is 13.4. The molecule has 0 spiro atoms. The molecule has 1 fully saturated rings. The molecule has 0 aromatic carbocycles. The van der Waals surface area contributed by atoms with Crippen molar-refractivity contribution in [2.24, 2.45) is 0 Å². The van der Waals surface area contributed by atoms with Crippen LogP contribution in [-0.4, -0.2) is 24.8 Å². The summed E-state index contributed by atoms with van der Waals surface area (Å²) in [4.78, 5) is 11.5. The quantitative estimate of drug-likeness (QED) is 0.395. The molecule has 0 heterocycles. The first-order valence-electron chi connectivity index (χ1n) is 7.11. The first-order valence-corrected chi connectivity index (χ1v) is 7.11. The average molecular weight is 254 g/mol. The molecule has 0 amide bonds. The summed E-state index contributed by atoms with van der Waals surface area (Å²) in [6, 6.07) is 0. The number of hydrogen-bond acceptors (Lipinski definition) is 3. The highest BCUT2D eigenvalue weighted by Crippen LogP contribution is 2.24. The molecule has 1 saturated carbocycles. The maximum absolute atomic E-state index is 11.5. The van der Waals surface area contributed by atoms with Crippen LogP contribution in [-0.2, 0) is 14.3 Å². The Morgan fingerprint density at radius 2 is 2.00 bits per heavy atom. The number of rotatable bonds is 7. The highest BCUT2D eigenvalue weighted by molar-refractivity contribution is 5.87. The molecule has 18 heavy (non-hydrogen) atoms. The van der Waals surface area contributed by atoms with Crippen molar-refractivity contribution >= 4 is 5.97 Å². The fraction of sp³-hybridized carbons (Fsp3) is 0.800. The Bertz CT molecular complexity index is 273. The van der Waals surface area contributed by atoms with Crippen LogP contribution in [0.3, 0.4) is 0 Å². The molecule has 1 rings (SSSR count). The van der Waals surface area contributed by atoms with E-state index in [1.165, 1.54) is 12.8 Å². The highest BCUT2D eigenvalue weighted by atomic mass is 16.5. The Morgan fingerprint density at radius 3 is 2.67 bits per heavy atom. The van der Waals surface area contributed by atoms with Gasteiger partial charge in [-0.25, -0.2) is 4.79 Å². The molecule has 104 valence electrons. The van der Waals surface area contributed by atoms with Gasteiger partial charge >= 0.3 is 5.97 Å². The van der Waals surface area contributed by atoms with Gasteiger partial charge in [-0.05, 0) is 32.6 Å². The Hall–Kier alpha value is -0.830. The number of esters is 1. The van der Waals surface area contributed by atoms with Gasteiger partial charge in [0, 0.05) is 18.6 Å². The monoisotopic (exact) mass is 254 g/mol. The van der Waals surface area contributed by atoms with Crippen molar-refractivity contribution < 1.29 is 14.3 Å². The molecule has 0 aromatic heterocycles. The van der Waals surface area contributed by atoms with Crippen LogP contribution in [0.5, 0.6) is 0 Å². The van der Waals surface area contributed by atoms with Crippen molar-refractivity contribution in [3.8, 4) is 0 Å². The van der Waals surface area contributed by atoms with Gasteiger partial charge in [0.25, 0.3) is 0 Å². The van der Waals surface area contributed by atoms with Gasteiger partial charge in [0.15, 0.2) is 0 Å². The lowest BCUT2D eigenvalue weighted by atomic mass is 9.95. The zero-order valence-corrected chi connectivity index (χ0v) is 11.7. The molecule has 2 atom stereocenters. The molecule has 1 aliphatic carbocycles. The van der Waals surface area contributed by atoms with Crippen LogP contribution < -0.4 is 0 Å². The van der Waals surface area contributed by atoms with E-state index < -0.39 is 0 Å². The summed E-state index contributed by atoms with van der Waals surface area (Å²) in [7, 11) is 0. The van der Waals surface area contributed by atoms with Crippen molar-refractivity contribution in [3.63, 3.8) is 0 Å². The highest BCUT2D eigenvalue weighted by Gasteiger charge is 2.25. The predicted octanol–water partition coefficient (Wildman–Crippen LogP) is 3.62. The predicted molar refractivity (Wildman–Crippen MR) is 72.4 cm³/mol. The van der Waals surface area contributed by atoms with Crippen molar-refractivity contribution in [2.75, 3.05) is 6.61 Å². The smallest absolute Gasteiger partial charge is 0.333 e. The number of carbonyl (C=O) groups excluding carboxylic acids is 1. The molecule has 0 aromatic rings. The normalized spacial score (nSPS) is 23.7. The van der Waals surface area contributed by atoms with Crippen molar-refractivity contribution in [2.45, 2.75) is 71.0 Å². The van der Waals surface area contributed by atoms with Crippen molar-refractivity contribution in [1.29, 1.82) is 0 Å². The van der Waals surface area contributed by atoms with Crippen LogP contribution in [0.1, 0.15) is 58.8 Å². The molecule has 0 N–H and O–H groups in total. The van der Waals surface area contributed by atoms with E-state index in [0.717, 1.165) is 38.7 Å². The average Bonchev–Trinajstić information content (AvgIpc) is 2.35. The molecule has 0 saturated heterocycles. The molecular weight excluding hydrogens is 228 g/mol. The number of carbonyl (C=O) groups is 1. The van der Waals surface area contributed by atoms with Gasteiger partial charge in [0.2, 0.25) is 0 Å². The van der Waals surface area contributed by atoms with E-state index in [1.54, 1.807) is 6.92 Å². The third kappa shape index (κ3) is 5.67. The summed E-state index contributed by atoms with van der Waals surface area (Å²) in [5.41, 5.74) is 0.473. The van der Waals surface area contributed by atoms with Gasteiger partial charge < -0.3 is 9.47 Å². The van der Waals surface area contributed by atoms with Crippen LogP contribution in [0.4, 0.5) is 0 Å². The second kappa shape index (κ2) is 8.30. The lowest BCUT2D eigenvalue weighted by Gasteiger charge is -2.29. The first-order chi connectivity index (χ1) is 8.63. The number of unbranched alkanes of at least 4 members (excludes halogenated alkanes) is 2. The maximum atomic E-state index is 11.5. The molecule has 3 heteroatoms. The zero-order valence-electron chi connectivity index (χ0n) is 11.7. The van der Waals surface area contributed by atoms with Crippen LogP contribution >= 0.6 is 0 Å². The Morgan fingerprint density at radius 1 is 1.28 bits per heavy atom. The second-order valence-corrected chi connectivity index (χ2v) is 5.17. The van der Waals surface area contributed by atoms with E-state index >= 15 is 0 Å². The molecule has 3 nitrogen and oxygen atoms in total. The summed E-state index contributed by atoms with van der Waals surface area (Å²) in [5.74, 6) is -0.272. The number of ether oxygens (including phenoxy) is 2. The molecule has 2 unspecified atom stereocenters. The summed E-state index contributed by atoms with van der Waals surface area (Å²) < 4.78 is 11.2. The molecule has 0 bridgehead atoms. The summed E-state index contributed by atoms with van der Waals surface area (Å²) in [5, 5.41) is 0. The van der Waals surface area contributed by atoms with Crippen LogP contribution in [0.15, 0.2) is 12.2 Å². The minimum atomic E-state index is -0.272. The standard InChI is InChI=1S/C15H26O3/c1-4-5-6-10-17-13-8-7-9-14(11-13)18-15(16)12(2)3/h13-14H,2,4-11H2,1,3H3. The SMILES string of the molecule is C=C(C)C(=O)OC1CCCC(OCCCCC)C1. The van der Waals surface area contributed by atoms with Gasteiger partial charge in [0.05, 0.1) is 6.10 Å². The van der Waals surface area contributed by atoms with E-state index in [0.29, 0.717) is 5.57 Å². The minimum absolute atomic E-state index is 0.0131. The number of hydrogen-bond donors (Lipinski definition) is 0. The second-order valence-electron chi connectivity index (χ2n) is 5.17. The van der Waals surface area contributed by atoms with E-state index in [9.17, 15) is 4.79 Å². The summed E-state index contributed by atoms with van der Waals surface area (Å²) >= 11 is 0. The van der Waals surface area contributed by atoms with Crippen LogP contribution in [0, 0.1) is 0 Å². The summed E-state index contributed by atoms with van der Waals surface area (Å²) in [6.45, 7) is 8.31. The topological polar surface area (TPSA) is 35.5 Å². The largest absolute Gasteiger partial charge is 0.459 e. The molecular formula is C15H26O3. The van der Waals surface area contributed by atoms with E-state index in [-0.39, 0.29) is 18.2 Å². The van der Waals surface area contributed by atoms with E-state index in [2.05, 4.69) is 13.5 Å². The molecule has 1 aliphatic rings. The fourth-order valence-electron chi connectivity index (χ4n) is 2.21. The fourth-order valence-corrected chi connectivity index (χ4v) is 2.21. The van der Waals surface area contributed by atoms with Crippen molar-refractivity contribution in [3.05, 3.63) is 12.2 Å². The lowest BCUT2D eigenvalue weighted by molar-refractivity contribution is -0.148. The first kappa shape index (κ1) is 15.2. The molecule has 0 radical (unpaired) electrons. The third-order valence-corrected chi connectivity index (χ3v) is 3.30. The third-order valence-electron chi connectivity index (χ3n) is 3.30. The Labute approximate surface area is 111 Å². The Kier molecular flexibility index (Phi) is 7.02. The van der Waals surface area contributed by atoms with Gasteiger partial charge in [-0.2, -0.15) is 0 Å². The van der Waals surface area contributed by atoms with Gasteiger partial charge in [0.1, 0.15) is 6.10 Å². The van der Waals surface area contributed by atoms with E-state index in [4.69, 9.17) is 9.47 Å². The van der Waals surface area contributed by atoms with Gasteiger partial charge in [-0.3, -0.25) is 0 Å². The minimum Gasteiger partial charge on any atom is -0.459 e. The maximum Gasteiger partial charge on any atom is 0.333 e. The van der Waals surface area contributed by atoms with Gasteiger partial charge in [-0.1, -0.05) is 26.3 Å². The van der Waals surface area contributed by atoms with Crippen LogP contribution in [0.2, 0.25) is 0 Å². The Balaban J connectivity index is 2.23. The van der Waals surface area contributed by atoms with Gasteiger partial charge in [-0.15, -0.1) is 0 Å². The van der Waals surface area contributed by atoms with E-state index in [1.807, 2.05) is 0 Å². The molecule has 0 aliphatic heterocycles. The van der Waals surface area contributed by atoms with Crippen molar-refractivity contribution in [1.82, 2.24) is 0 Å². The van der Waals surface area contributed by atoms with Crippen LogP contribution in [0.25, 0.3) is 0 Å². The lowest BCUT2D eigenvalue weighted by Crippen LogP contribution is -2.30.